The van der Waals surface area contributed by atoms with Gasteiger partial charge in [-0.05, 0) is 36.7 Å². The molecule has 5 nitrogen and oxygen atoms in total. The molecule has 1 unspecified atom stereocenters. The van der Waals surface area contributed by atoms with Crippen LogP contribution in [0.1, 0.15) is 44.3 Å². The van der Waals surface area contributed by atoms with Crippen LogP contribution >= 0.6 is 15.9 Å². The van der Waals surface area contributed by atoms with Crippen LogP contribution in [0.25, 0.3) is 0 Å². The number of imidazole rings is 1. The molecule has 0 saturated heterocycles. The molecule has 1 N–H and O–H groups in total. The standard InChI is InChI=1S/C12H17BrN4O/c1-4-17-11(9(13)5-15-17)12(18)10-6-14-7-16(10)8(2)3/h5-8,12,18H,4H2,1-3H3. The number of aryl methyl sites for hydroxylation is 1. The highest BCUT2D eigenvalue weighted by Gasteiger charge is 2.22. The molecule has 0 amide bonds. The summed E-state index contributed by atoms with van der Waals surface area (Å²) in [5, 5.41) is 14.8. The summed E-state index contributed by atoms with van der Waals surface area (Å²) < 4.78 is 4.56. The summed E-state index contributed by atoms with van der Waals surface area (Å²) in [4.78, 5) is 4.12. The molecular weight excluding hydrogens is 296 g/mol. The molecule has 0 saturated carbocycles. The lowest BCUT2D eigenvalue weighted by Crippen LogP contribution is -2.14. The van der Waals surface area contributed by atoms with Gasteiger partial charge in [0.05, 0.1) is 34.6 Å². The number of rotatable bonds is 4. The molecule has 2 aromatic rings. The van der Waals surface area contributed by atoms with Gasteiger partial charge in [0.1, 0.15) is 6.10 Å². The Morgan fingerprint density at radius 1 is 1.39 bits per heavy atom. The average molecular weight is 313 g/mol. The first kappa shape index (κ1) is 13.3. The highest BCUT2D eigenvalue weighted by Crippen LogP contribution is 2.29. The minimum atomic E-state index is -0.730. The Hall–Kier alpha value is -1.14. The van der Waals surface area contributed by atoms with Crippen molar-refractivity contribution in [2.75, 3.05) is 0 Å². The van der Waals surface area contributed by atoms with Gasteiger partial charge in [-0.2, -0.15) is 5.10 Å². The minimum absolute atomic E-state index is 0.258. The number of halogens is 1. The van der Waals surface area contributed by atoms with Crippen molar-refractivity contribution in [1.82, 2.24) is 19.3 Å². The lowest BCUT2D eigenvalue weighted by atomic mass is 10.2. The second kappa shape index (κ2) is 5.24. The van der Waals surface area contributed by atoms with E-state index in [-0.39, 0.29) is 6.04 Å². The van der Waals surface area contributed by atoms with Crippen LogP contribution in [0.15, 0.2) is 23.2 Å². The van der Waals surface area contributed by atoms with E-state index in [0.29, 0.717) is 6.54 Å². The van der Waals surface area contributed by atoms with Gasteiger partial charge in [0.25, 0.3) is 0 Å². The summed E-state index contributed by atoms with van der Waals surface area (Å²) >= 11 is 3.43. The smallest absolute Gasteiger partial charge is 0.138 e. The summed E-state index contributed by atoms with van der Waals surface area (Å²) in [5.74, 6) is 0. The Morgan fingerprint density at radius 2 is 2.11 bits per heavy atom. The van der Waals surface area contributed by atoms with Gasteiger partial charge in [0.15, 0.2) is 0 Å². The van der Waals surface area contributed by atoms with E-state index in [1.807, 2.05) is 11.5 Å². The Bertz CT molecular complexity index is 532. The second-order valence-electron chi connectivity index (χ2n) is 4.42. The first-order chi connectivity index (χ1) is 8.56. The lowest BCUT2D eigenvalue weighted by molar-refractivity contribution is 0.195. The maximum atomic E-state index is 10.5. The zero-order valence-electron chi connectivity index (χ0n) is 10.7. The van der Waals surface area contributed by atoms with Crippen molar-refractivity contribution >= 4 is 15.9 Å². The van der Waals surface area contributed by atoms with Crippen molar-refractivity contribution in [2.24, 2.45) is 0 Å². The molecule has 2 aromatic heterocycles. The van der Waals surface area contributed by atoms with E-state index < -0.39 is 6.10 Å². The molecule has 0 aromatic carbocycles. The first-order valence-electron chi connectivity index (χ1n) is 5.97. The van der Waals surface area contributed by atoms with Gasteiger partial charge in [0.2, 0.25) is 0 Å². The summed E-state index contributed by atoms with van der Waals surface area (Å²) in [6.45, 7) is 6.83. The van der Waals surface area contributed by atoms with E-state index in [9.17, 15) is 5.11 Å². The van der Waals surface area contributed by atoms with Gasteiger partial charge >= 0.3 is 0 Å². The quantitative estimate of drug-likeness (QED) is 0.943. The van der Waals surface area contributed by atoms with Crippen LogP contribution < -0.4 is 0 Å². The molecule has 0 bridgehead atoms. The van der Waals surface area contributed by atoms with Crippen LogP contribution in [0.4, 0.5) is 0 Å². The Balaban J connectivity index is 2.44. The molecule has 0 fully saturated rings. The summed E-state index contributed by atoms with van der Waals surface area (Å²) in [7, 11) is 0. The summed E-state index contributed by atoms with van der Waals surface area (Å²) in [6.07, 6.45) is 4.41. The van der Waals surface area contributed by atoms with Crippen molar-refractivity contribution in [3.8, 4) is 0 Å². The van der Waals surface area contributed by atoms with Crippen LogP contribution in [-0.2, 0) is 6.54 Å². The predicted molar refractivity (Wildman–Crippen MR) is 72.3 cm³/mol. The highest BCUT2D eigenvalue weighted by molar-refractivity contribution is 9.10. The van der Waals surface area contributed by atoms with Crippen LogP contribution in [0.5, 0.6) is 0 Å². The van der Waals surface area contributed by atoms with E-state index in [1.165, 1.54) is 0 Å². The monoisotopic (exact) mass is 312 g/mol. The first-order valence-corrected chi connectivity index (χ1v) is 6.76. The zero-order chi connectivity index (χ0) is 13.3. The zero-order valence-corrected chi connectivity index (χ0v) is 12.3. The van der Waals surface area contributed by atoms with Crippen LogP contribution in [-0.4, -0.2) is 24.4 Å². The number of hydrogen-bond acceptors (Lipinski definition) is 3. The van der Waals surface area contributed by atoms with E-state index in [1.54, 1.807) is 23.4 Å². The van der Waals surface area contributed by atoms with Crippen LogP contribution in [0.3, 0.4) is 0 Å². The molecule has 0 aliphatic heterocycles. The van der Waals surface area contributed by atoms with Crippen molar-refractivity contribution < 1.29 is 5.11 Å². The third kappa shape index (κ3) is 2.22. The molecule has 0 aliphatic rings. The molecule has 1 atom stereocenters. The molecular formula is C12H17BrN4O. The molecule has 2 heterocycles. The lowest BCUT2D eigenvalue weighted by Gasteiger charge is -2.17. The van der Waals surface area contributed by atoms with Gasteiger partial charge in [-0.25, -0.2) is 4.98 Å². The van der Waals surface area contributed by atoms with Gasteiger partial charge in [-0.15, -0.1) is 0 Å². The van der Waals surface area contributed by atoms with Crippen molar-refractivity contribution in [1.29, 1.82) is 0 Å². The number of aliphatic hydroxyl groups excluding tert-OH is 1. The molecule has 98 valence electrons. The maximum absolute atomic E-state index is 10.5. The topological polar surface area (TPSA) is 55.9 Å². The molecule has 2 rings (SSSR count). The fraction of sp³-hybridized carbons (Fsp3) is 0.500. The molecule has 6 heteroatoms. The SMILES string of the molecule is CCn1ncc(Br)c1C(O)c1cncn1C(C)C. The largest absolute Gasteiger partial charge is 0.380 e. The third-order valence-corrected chi connectivity index (χ3v) is 3.54. The van der Waals surface area contributed by atoms with Gasteiger partial charge in [-0.1, -0.05) is 0 Å². The number of aromatic nitrogens is 4. The second-order valence-corrected chi connectivity index (χ2v) is 5.27. The highest BCUT2D eigenvalue weighted by atomic mass is 79.9. The normalized spacial score (nSPS) is 13.2. The molecule has 0 aliphatic carbocycles. The van der Waals surface area contributed by atoms with E-state index >= 15 is 0 Å². The van der Waals surface area contributed by atoms with Crippen molar-refractivity contribution in [3.05, 3.63) is 34.6 Å². The van der Waals surface area contributed by atoms with E-state index in [4.69, 9.17) is 0 Å². The van der Waals surface area contributed by atoms with Gasteiger partial charge in [-0.3, -0.25) is 4.68 Å². The maximum Gasteiger partial charge on any atom is 0.138 e. The summed E-state index contributed by atoms with van der Waals surface area (Å²) in [5.41, 5.74) is 1.54. The molecule has 0 spiro atoms. The Kier molecular flexibility index (Phi) is 3.87. The van der Waals surface area contributed by atoms with Gasteiger partial charge < -0.3 is 9.67 Å². The van der Waals surface area contributed by atoms with Crippen molar-refractivity contribution in [2.45, 2.75) is 39.5 Å². The predicted octanol–water partition coefficient (Wildman–Crippen LogP) is 2.52. The number of hydrogen-bond donors (Lipinski definition) is 1. The summed E-state index contributed by atoms with van der Waals surface area (Å²) in [6, 6.07) is 0.258. The Morgan fingerprint density at radius 3 is 2.72 bits per heavy atom. The number of aliphatic hydroxyl groups is 1. The molecule has 0 radical (unpaired) electrons. The fourth-order valence-electron chi connectivity index (χ4n) is 1.99. The fourth-order valence-corrected chi connectivity index (χ4v) is 2.51. The average Bonchev–Trinajstić information content (AvgIpc) is 2.94. The minimum Gasteiger partial charge on any atom is -0.380 e. The molecule has 18 heavy (non-hydrogen) atoms. The Labute approximate surface area is 115 Å². The van der Waals surface area contributed by atoms with Gasteiger partial charge in [0, 0.05) is 12.6 Å². The third-order valence-electron chi connectivity index (χ3n) is 2.92. The van der Waals surface area contributed by atoms with Crippen molar-refractivity contribution in [3.63, 3.8) is 0 Å². The van der Waals surface area contributed by atoms with Crippen LogP contribution in [0, 0.1) is 0 Å². The number of nitrogens with zero attached hydrogens (tertiary/aromatic N) is 4. The van der Waals surface area contributed by atoms with Crippen LogP contribution in [0.2, 0.25) is 0 Å². The van der Waals surface area contributed by atoms with E-state index in [0.717, 1.165) is 15.9 Å². The van der Waals surface area contributed by atoms with E-state index in [2.05, 4.69) is 39.9 Å².